The number of aryl methyl sites for hydroxylation is 1. The van der Waals surface area contributed by atoms with Crippen LogP contribution in [0.25, 0.3) is 10.4 Å². The number of hydrogen-bond acceptors (Lipinski definition) is 6. The van der Waals surface area contributed by atoms with Crippen LogP contribution in [-0.2, 0) is 0 Å². The lowest BCUT2D eigenvalue weighted by Gasteiger charge is -2.08. The highest BCUT2D eigenvalue weighted by Gasteiger charge is 2.06. The second-order valence-electron chi connectivity index (χ2n) is 4.66. The Morgan fingerprint density at radius 1 is 1.41 bits per heavy atom. The fraction of sp³-hybridized carbons (Fsp3) is 0.188. The van der Waals surface area contributed by atoms with Crippen molar-refractivity contribution < 1.29 is 0 Å². The molecule has 0 bridgehead atoms. The average molecular weight is 332 g/mol. The Hall–Kier alpha value is -1.92. The molecule has 0 aliphatic rings. The number of nitrogens with one attached hydrogen (secondary N) is 2. The maximum atomic E-state index is 5.64. The van der Waals surface area contributed by atoms with Gasteiger partial charge >= 0.3 is 0 Å². The number of nitrogens with two attached hydrogens (primary N) is 1. The number of rotatable bonds is 7. The second kappa shape index (κ2) is 7.91. The molecule has 4 N–H and O–H groups in total. The van der Waals surface area contributed by atoms with Crippen molar-refractivity contribution in [1.82, 2.24) is 10.3 Å². The van der Waals surface area contributed by atoms with Crippen LogP contribution in [-0.4, -0.2) is 18.6 Å². The van der Waals surface area contributed by atoms with E-state index in [1.54, 1.807) is 17.5 Å². The fourth-order valence-electron chi connectivity index (χ4n) is 1.71. The number of nitrogens with zero attached hydrogens (tertiary/aromatic N) is 1. The van der Waals surface area contributed by atoms with Crippen molar-refractivity contribution in [2.75, 3.05) is 18.9 Å². The largest absolute Gasteiger partial charge is 0.404 e. The summed E-state index contributed by atoms with van der Waals surface area (Å²) < 4.78 is 0. The van der Waals surface area contributed by atoms with Gasteiger partial charge in [-0.05, 0) is 12.5 Å². The molecular weight excluding hydrogens is 312 g/mol. The Morgan fingerprint density at radius 2 is 2.14 bits per heavy atom. The van der Waals surface area contributed by atoms with Crippen LogP contribution >= 0.6 is 23.1 Å². The molecule has 116 valence electrons. The minimum absolute atomic E-state index is 0.628. The van der Waals surface area contributed by atoms with Gasteiger partial charge in [0.25, 0.3) is 0 Å². The quantitative estimate of drug-likeness (QED) is 0.721. The van der Waals surface area contributed by atoms with Crippen LogP contribution in [0.2, 0.25) is 0 Å². The number of anilines is 1. The van der Waals surface area contributed by atoms with Gasteiger partial charge in [0.2, 0.25) is 0 Å². The highest BCUT2D eigenvalue weighted by molar-refractivity contribution is 8.06. The fourth-order valence-corrected chi connectivity index (χ4v) is 3.16. The molecule has 6 heteroatoms. The maximum absolute atomic E-state index is 5.64. The third-order valence-corrected chi connectivity index (χ3v) is 4.97. The number of benzene rings is 1. The van der Waals surface area contributed by atoms with Crippen LogP contribution in [0.15, 0.2) is 53.2 Å². The predicted octanol–water partition coefficient (Wildman–Crippen LogP) is 3.75. The highest BCUT2D eigenvalue weighted by atomic mass is 32.2. The average Bonchev–Trinajstić information content (AvgIpc) is 3.00. The van der Waals surface area contributed by atoms with E-state index in [-0.39, 0.29) is 0 Å². The lowest BCUT2D eigenvalue weighted by Crippen LogP contribution is -2.07. The normalized spacial score (nSPS) is 11.3. The Kier molecular flexibility index (Phi) is 5.91. The predicted molar refractivity (Wildman–Crippen MR) is 98.8 cm³/mol. The van der Waals surface area contributed by atoms with E-state index in [1.807, 2.05) is 13.2 Å². The Balaban J connectivity index is 1.97. The van der Waals surface area contributed by atoms with E-state index in [0.29, 0.717) is 6.54 Å². The second-order valence-corrected chi connectivity index (χ2v) is 6.91. The van der Waals surface area contributed by atoms with E-state index in [1.165, 1.54) is 22.9 Å². The molecule has 0 aliphatic heterocycles. The first-order chi connectivity index (χ1) is 10.6. The molecule has 0 atom stereocenters. The summed E-state index contributed by atoms with van der Waals surface area (Å²) in [6.07, 6.45) is 3.48. The van der Waals surface area contributed by atoms with Crippen LogP contribution in [0.3, 0.4) is 0 Å². The van der Waals surface area contributed by atoms with E-state index in [9.17, 15) is 0 Å². The lowest BCUT2D eigenvalue weighted by atomic mass is 10.1. The SMILES string of the molecule is C=C(NC)S/C(=C\N)CNc1ncc(-c2ccc(C)cc2)s1. The van der Waals surface area contributed by atoms with Crippen molar-refractivity contribution in [2.45, 2.75) is 6.92 Å². The van der Waals surface area contributed by atoms with Crippen molar-refractivity contribution in [1.29, 1.82) is 0 Å². The summed E-state index contributed by atoms with van der Waals surface area (Å²) in [4.78, 5) is 6.55. The Bertz CT molecular complexity index is 659. The molecule has 1 heterocycles. The van der Waals surface area contributed by atoms with Gasteiger partial charge in [-0.2, -0.15) is 0 Å². The van der Waals surface area contributed by atoms with Gasteiger partial charge in [0.15, 0.2) is 5.13 Å². The molecule has 1 aromatic carbocycles. The first-order valence-corrected chi connectivity index (χ1v) is 8.47. The molecule has 0 amide bonds. The Labute approximate surface area is 139 Å². The van der Waals surface area contributed by atoms with Gasteiger partial charge in [0.05, 0.1) is 16.5 Å². The van der Waals surface area contributed by atoms with Crippen LogP contribution < -0.4 is 16.4 Å². The maximum Gasteiger partial charge on any atom is 0.183 e. The zero-order valence-corrected chi connectivity index (χ0v) is 14.4. The summed E-state index contributed by atoms with van der Waals surface area (Å²) >= 11 is 3.14. The summed E-state index contributed by atoms with van der Waals surface area (Å²) in [5, 5.41) is 8.02. The van der Waals surface area contributed by atoms with Crippen molar-refractivity contribution in [3.8, 4) is 10.4 Å². The molecule has 4 nitrogen and oxygen atoms in total. The summed E-state index contributed by atoms with van der Waals surface area (Å²) in [6, 6.07) is 8.45. The third kappa shape index (κ3) is 4.54. The van der Waals surface area contributed by atoms with Gasteiger partial charge < -0.3 is 16.4 Å². The summed E-state index contributed by atoms with van der Waals surface area (Å²) in [5.41, 5.74) is 8.08. The highest BCUT2D eigenvalue weighted by Crippen LogP contribution is 2.30. The van der Waals surface area contributed by atoms with E-state index < -0.39 is 0 Å². The van der Waals surface area contributed by atoms with Crippen LogP contribution in [0, 0.1) is 6.92 Å². The molecular formula is C16H20N4S2. The van der Waals surface area contributed by atoms with Crippen LogP contribution in [0.5, 0.6) is 0 Å². The number of thioether (sulfide) groups is 1. The van der Waals surface area contributed by atoms with Gasteiger partial charge in [-0.25, -0.2) is 4.98 Å². The zero-order valence-electron chi connectivity index (χ0n) is 12.7. The van der Waals surface area contributed by atoms with Gasteiger partial charge in [0, 0.05) is 24.3 Å². The first kappa shape index (κ1) is 16.5. The zero-order chi connectivity index (χ0) is 15.9. The molecule has 0 aliphatic carbocycles. The molecule has 0 radical (unpaired) electrons. The van der Waals surface area contributed by atoms with Crippen molar-refractivity contribution in [3.05, 3.63) is 58.7 Å². The van der Waals surface area contributed by atoms with Gasteiger partial charge in [0.1, 0.15) is 0 Å². The van der Waals surface area contributed by atoms with E-state index in [2.05, 4.69) is 53.4 Å². The van der Waals surface area contributed by atoms with Crippen LogP contribution in [0.1, 0.15) is 5.56 Å². The minimum atomic E-state index is 0.628. The summed E-state index contributed by atoms with van der Waals surface area (Å²) in [7, 11) is 1.84. The topological polar surface area (TPSA) is 63.0 Å². The van der Waals surface area contributed by atoms with E-state index in [0.717, 1.165) is 19.9 Å². The molecule has 0 unspecified atom stereocenters. The number of thiazole rings is 1. The van der Waals surface area contributed by atoms with Gasteiger partial charge in [-0.1, -0.05) is 59.5 Å². The van der Waals surface area contributed by atoms with Crippen molar-refractivity contribution in [2.24, 2.45) is 5.73 Å². The number of aromatic nitrogens is 1. The summed E-state index contributed by atoms with van der Waals surface area (Å²) in [5.74, 6) is 0. The standard InChI is InChI=1S/C16H20N4S2/c1-11-4-6-13(7-5-11)15-10-20-16(22-15)19-9-14(8-17)21-12(2)18-3/h4-8,10,18H,2,9,17H2,1,3H3,(H,19,20)/b14-8-. The van der Waals surface area contributed by atoms with Gasteiger partial charge in [-0.15, -0.1) is 0 Å². The van der Waals surface area contributed by atoms with E-state index in [4.69, 9.17) is 5.73 Å². The molecule has 1 aromatic heterocycles. The van der Waals surface area contributed by atoms with Crippen LogP contribution in [0.4, 0.5) is 5.13 Å². The molecule has 0 saturated heterocycles. The molecule has 0 fully saturated rings. The third-order valence-electron chi connectivity index (χ3n) is 2.97. The van der Waals surface area contributed by atoms with Crippen molar-refractivity contribution in [3.63, 3.8) is 0 Å². The van der Waals surface area contributed by atoms with Gasteiger partial charge in [-0.3, -0.25) is 0 Å². The Morgan fingerprint density at radius 3 is 2.77 bits per heavy atom. The molecule has 2 rings (SSSR count). The molecule has 2 aromatic rings. The number of hydrogen-bond donors (Lipinski definition) is 3. The van der Waals surface area contributed by atoms with E-state index >= 15 is 0 Å². The molecule has 0 saturated carbocycles. The molecule has 0 spiro atoms. The smallest absolute Gasteiger partial charge is 0.183 e. The monoisotopic (exact) mass is 332 g/mol. The summed E-state index contributed by atoms with van der Waals surface area (Å²) in [6.45, 7) is 6.59. The first-order valence-electron chi connectivity index (χ1n) is 6.84. The molecule has 22 heavy (non-hydrogen) atoms. The minimum Gasteiger partial charge on any atom is -0.404 e. The van der Waals surface area contributed by atoms with Crippen molar-refractivity contribution >= 4 is 28.2 Å². The lowest BCUT2D eigenvalue weighted by molar-refractivity contribution is 1.08.